The molecule has 0 aliphatic carbocycles. The Morgan fingerprint density at radius 1 is 1.40 bits per heavy atom. The summed E-state index contributed by atoms with van der Waals surface area (Å²) in [5.41, 5.74) is 0.636. The van der Waals surface area contributed by atoms with Gasteiger partial charge in [-0.2, -0.15) is 0 Å². The number of nitrogens with one attached hydrogen (secondary N) is 1. The van der Waals surface area contributed by atoms with Gasteiger partial charge in [-0.15, -0.1) is 0 Å². The van der Waals surface area contributed by atoms with Crippen molar-refractivity contribution < 1.29 is 0 Å². The van der Waals surface area contributed by atoms with Gasteiger partial charge in [0.1, 0.15) is 0 Å². The minimum absolute atomic E-state index is 0.305. The van der Waals surface area contributed by atoms with Crippen LogP contribution in [0.25, 0.3) is 0 Å². The summed E-state index contributed by atoms with van der Waals surface area (Å²) >= 11 is 0. The van der Waals surface area contributed by atoms with E-state index in [9.17, 15) is 0 Å². The number of hydrogen-bond acceptors (Lipinski definition) is 2. The molecule has 0 saturated carbocycles. The lowest BCUT2D eigenvalue weighted by atomic mass is 9.88. The Bertz CT molecular complexity index is 213. The van der Waals surface area contributed by atoms with Gasteiger partial charge in [0, 0.05) is 30.2 Å². The SMILES string of the molecule is CCC1(C)CN(C(C)(C)CC)C(C)CN1. The van der Waals surface area contributed by atoms with Gasteiger partial charge in [-0.25, -0.2) is 0 Å². The molecule has 0 bridgehead atoms. The molecule has 1 fully saturated rings. The van der Waals surface area contributed by atoms with Crippen molar-refractivity contribution in [3.05, 3.63) is 0 Å². The Hall–Kier alpha value is -0.0800. The normalized spacial score (nSPS) is 34.4. The largest absolute Gasteiger partial charge is 0.309 e. The molecule has 1 saturated heterocycles. The first-order valence-corrected chi connectivity index (χ1v) is 6.36. The number of piperazine rings is 1. The molecule has 0 spiro atoms. The summed E-state index contributed by atoms with van der Waals surface area (Å²) in [5, 5.41) is 3.68. The van der Waals surface area contributed by atoms with Gasteiger partial charge >= 0.3 is 0 Å². The highest BCUT2D eigenvalue weighted by Crippen LogP contribution is 2.28. The van der Waals surface area contributed by atoms with E-state index in [1.807, 2.05) is 0 Å². The van der Waals surface area contributed by atoms with Crippen LogP contribution in [-0.2, 0) is 0 Å². The van der Waals surface area contributed by atoms with Crippen LogP contribution >= 0.6 is 0 Å². The molecule has 1 heterocycles. The first kappa shape index (κ1) is 13.0. The highest BCUT2D eigenvalue weighted by molar-refractivity contribution is 4.97. The molecule has 0 radical (unpaired) electrons. The fraction of sp³-hybridized carbons (Fsp3) is 1.00. The maximum Gasteiger partial charge on any atom is 0.0278 e. The zero-order valence-corrected chi connectivity index (χ0v) is 11.4. The molecule has 1 aliphatic rings. The number of rotatable bonds is 3. The maximum atomic E-state index is 3.68. The standard InChI is InChI=1S/C13H28N2/c1-7-12(4,5)15-10-13(6,8-2)14-9-11(15)3/h11,14H,7-10H2,1-6H3. The van der Waals surface area contributed by atoms with E-state index in [-0.39, 0.29) is 0 Å². The van der Waals surface area contributed by atoms with E-state index in [0.29, 0.717) is 17.1 Å². The molecule has 90 valence electrons. The molecular formula is C13H28N2. The average Bonchev–Trinajstić information content (AvgIpc) is 2.22. The third kappa shape index (κ3) is 2.73. The van der Waals surface area contributed by atoms with E-state index in [0.717, 1.165) is 6.54 Å². The van der Waals surface area contributed by atoms with Crippen molar-refractivity contribution in [2.45, 2.75) is 71.5 Å². The molecule has 0 aromatic heterocycles. The topological polar surface area (TPSA) is 15.3 Å². The summed E-state index contributed by atoms with van der Waals surface area (Å²) in [5.74, 6) is 0. The minimum atomic E-state index is 0.305. The highest BCUT2D eigenvalue weighted by atomic mass is 15.3. The Morgan fingerprint density at radius 3 is 2.47 bits per heavy atom. The van der Waals surface area contributed by atoms with Crippen molar-refractivity contribution in [2.24, 2.45) is 0 Å². The van der Waals surface area contributed by atoms with Crippen LogP contribution in [0.5, 0.6) is 0 Å². The van der Waals surface area contributed by atoms with Crippen LogP contribution < -0.4 is 5.32 Å². The summed E-state index contributed by atoms with van der Waals surface area (Å²) in [6, 6.07) is 0.652. The van der Waals surface area contributed by atoms with E-state index in [1.165, 1.54) is 19.4 Å². The van der Waals surface area contributed by atoms with Crippen LogP contribution in [0.1, 0.15) is 54.4 Å². The van der Waals surface area contributed by atoms with Crippen molar-refractivity contribution in [2.75, 3.05) is 13.1 Å². The summed E-state index contributed by atoms with van der Waals surface area (Å²) in [6.45, 7) is 16.3. The zero-order valence-electron chi connectivity index (χ0n) is 11.4. The van der Waals surface area contributed by atoms with E-state index in [4.69, 9.17) is 0 Å². The van der Waals surface area contributed by atoms with Crippen LogP contribution in [-0.4, -0.2) is 35.1 Å². The van der Waals surface area contributed by atoms with Gasteiger partial charge < -0.3 is 5.32 Å². The highest BCUT2D eigenvalue weighted by Gasteiger charge is 2.38. The van der Waals surface area contributed by atoms with Gasteiger partial charge in [0.25, 0.3) is 0 Å². The molecule has 15 heavy (non-hydrogen) atoms. The Morgan fingerprint density at radius 2 is 2.00 bits per heavy atom. The van der Waals surface area contributed by atoms with Gasteiger partial charge in [-0.3, -0.25) is 4.90 Å². The van der Waals surface area contributed by atoms with Crippen LogP contribution in [0.15, 0.2) is 0 Å². The minimum Gasteiger partial charge on any atom is -0.309 e. The molecule has 0 amide bonds. The third-order valence-corrected chi connectivity index (χ3v) is 4.30. The van der Waals surface area contributed by atoms with Crippen molar-refractivity contribution in [1.82, 2.24) is 10.2 Å². The van der Waals surface area contributed by atoms with Crippen molar-refractivity contribution in [3.8, 4) is 0 Å². The first-order chi connectivity index (χ1) is 6.84. The van der Waals surface area contributed by atoms with Crippen molar-refractivity contribution in [3.63, 3.8) is 0 Å². The molecule has 2 atom stereocenters. The molecule has 1 rings (SSSR count). The van der Waals surface area contributed by atoms with E-state index < -0.39 is 0 Å². The summed E-state index contributed by atoms with van der Waals surface area (Å²) < 4.78 is 0. The molecule has 0 aromatic carbocycles. The van der Waals surface area contributed by atoms with Crippen molar-refractivity contribution >= 4 is 0 Å². The lowest BCUT2D eigenvalue weighted by Crippen LogP contribution is -2.66. The molecule has 0 aromatic rings. The molecule has 1 aliphatic heterocycles. The second kappa shape index (κ2) is 4.42. The second-order valence-electron chi connectivity index (χ2n) is 5.94. The van der Waals surface area contributed by atoms with E-state index in [2.05, 4.69) is 51.8 Å². The summed E-state index contributed by atoms with van der Waals surface area (Å²) in [7, 11) is 0. The van der Waals surface area contributed by atoms with E-state index >= 15 is 0 Å². The summed E-state index contributed by atoms with van der Waals surface area (Å²) in [4.78, 5) is 2.67. The monoisotopic (exact) mass is 212 g/mol. The quantitative estimate of drug-likeness (QED) is 0.773. The van der Waals surface area contributed by atoms with Gasteiger partial charge in [0.15, 0.2) is 0 Å². The lowest BCUT2D eigenvalue weighted by Gasteiger charge is -2.51. The predicted molar refractivity (Wildman–Crippen MR) is 67.2 cm³/mol. The third-order valence-electron chi connectivity index (χ3n) is 4.30. The number of hydrogen-bond donors (Lipinski definition) is 1. The van der Waals surface area contributed by atoms with Crippen molar-refractivity contribution in [1.29, 1.82) is 0 Å². The Balaban J connectivity index is 2.78. The molecule has 1 N–H and O–H groups in total. The molecule has 2 unspecified atom stereocenters. The molecular weight excluding hydrogens is 184 g/mol. The smallest absolute Gasteiger partial charge is 0.0278 e. The average molecular weight is 212 g/mol. The molecule has 2 heteroatoms. The lowest BCUT2D eigenvalue weighted by molar-refractivity contribution is 0.00849. The van der Waals surface area contributed by atoms with Crippen LogP contribution in [0.4, 0.5) is 0 Å². The van der Waals surface area contributed by atoms with E-state index in [1.54, 1.807) is 0 Å². The molecule has 2 nitrogen and oxygen atoms in total. The Labute approximate surface area is 95.4 Å². The van der Waals surface area contributed by atoms with Gasteiger partial charge in [-0.1, -0.05) is 13.8 Å². The van der Waals surface area contributed by atoms with Gasteiger partial charge in [0.05, 0.1) is 0 Å². The van der Waals surface area contributed by atoms with Crippen LogP contribution in [0.3, 0.4) is 0 Å². The van der Waals surface area contributed by atoms with Crippen LogP contribution in [0.2, 0.25) is 0 Å². The number of nitrogens with zero attached hydrogens (tertiary/aromatic N) is 1. The van der Waals surface area contributed by atoms with Gasteiger partial charge in [-0.05, 0) is 40.5 Å². The zero-order chi connectivity index (χ0) is 11.7. The maximum absolute atomic E-state index is 3.68. The van der Waals surface area contributed by atoms with Crippen LogP contribution in [0, 0.1) is 0 Å². The fourth-order valence-electron chi connectivity index (χ4n) is 2.34. The predicted octanol–water partition coefficient (Wildman–Crippen LogP) is 2.64. The first-order valence-electron chi connectivity index (χ1n) is 6.36. The van der Waals surface area contributed by atoms with Gasteiger partial charge in [0.2, 0.25) is 0 Å². The fourth-order valence-corrected chi connectivity index (χ4v) is 2.34. The Kier molecular flexibility index (Phi) is 3.83. The second-order valence-corrected chi connectivity index (χ2v) is 5.94. The summed E-state index contributed by atoms with van der Waals surface area (Å²) in [6.07, 6.45) is 2.42.